The molecule has 0 aliphatic carbocycles. The van der Waals surface area contributed by atoms with Gasteiger partial charge in [0.25, 0.3) is 0 Å². The second-order valence-corrected chi connectivity index (χ2v) is 15.7. The molecule has 1 nitrogen and oxygen atoms in total. The Kier molecular flexibility index (Phi) is 15.5. The van der Waals surface area contributed by atoms with Gasteiger partial charge in [-0.2, -0.15) is 0 Å². The maximum atomic E-state index is 6.34. The summed E-state index contributed by atoms with van der Waals surface area (Å²) in [4.78, 5) is 0. The van der Waals surface area contributed by atoms with Crippen LogP contribution in [0.1, 0.15) is 59.6 Å². The molecule has 0 amide bonds. The molecule has 12 rings (SSSR count). The summed E-state index contributed by atoms with van der Waals surface area (Å²) >= 11 is 0. The summed E-state index contributed by atoms with van der Waals surface area (Å²) in [5, 5.41) is 15.2. The van der Waals surface area contributed by atoms with Crippen LogP contribution in [0.15, 0.2) is 218 Å². The highest BCUT2D eigenvalue weighted by Crippen LogP contribution is 2.43. The monoisotopic (exact) mass is 870 g/mol. The highest BCUT2D eigenvalue weighted by molar-refractivity contribution is 6.27. The number of furan rings is 1. The largest absolute Gasteiger partial charge is 0.455 e. The maximum Gasteiger partial charge on any atom is 0.143 e. The summed E-state index contributed by atoms with van der Waals surface area (Å²) in [7, 11) is 0. The minimum atomic E-state index is 0.925. The summed E-state index contributed by atoms with van der Waals surface area (Å²) in [6, 6.07) is 70.1. The molecule has 1 aromatic heterocycles. The molecule has 0 aliphatic rings. The van der Waals surface area contributed by atoms with E-state index in [9.17, 15) is 0 Å². The molecule has 0 bridgehead atoms. The molecule has 11 aromatic carbocycles. The smallest absolute Gasteiger partial charge is 0.143 e. The highest BCUT2D eigenvalue weighted by atomic mass is 16.3. The van der Waals surface area contributed by atoms with Crippen molar-refractivity contribution in [2.45, 2.75) is 55.4 Å². The van der Waals surface area contributed by atoms with E-state index < -0.39 is 0 Å². The van der Waals surface area contributed by atoms with Crippen LogP contribution in [0.2, 0.25) is 0 Å². The predicted molar refractivity (Wildman–Crippen MR) is 300 cm³/mol. The van der Waals surface area contributed by atoms with E-state index in [1.54, 1.807) is 6.08 Å². The van der Waals surface area contributed by atoms with Crippen molar-refractivity contribution >= 4 is 81.9 Å². The summed E-state index contributed by atoms with van der Waals surface area (Å²) in [6.45, 7) is 23.2. The molecule has 0 unspecified atom stereocenters. The molecule has 0 N–H and O–H groups in total. The van der Waals surface area contributed by atoms with Gasteiger partial charge in [0.2, 0.25) is 0 Å². The number of hydrogen-bond donors (Lipinski definition) is 0. The van der Waals surface area contributed by atoms with Crippen molar-refractivity contribution in [3.05, 3.63) is 224 Å². The SMILES string of the molecule is C=CC.C=Cc1c(C)ccc2ccccc12.CC.CC.CC.c1ccc2cc(-c3ccc4ccc5c(-c6ccc(-c7cccc8c7oc7ccccc78)cc6)ccc6ccc3c4c65)ccc2c1. The van der Waals surface area contributed by atoms with Crippen molar-refractivity contribution in [3.8, 4) is 33.4 Å². The lowest BCUT2D eigenvalue weighted by atomic mass is 9.87. The van der Waals surface area contributed by atoms with Gasteiger partial charge in [-0.15, -0.1) is 6.58 Å². The van der Waals surface area contributed by atoms with Gasteiger partial charge in [0.15, 0.2) is 0 Å². The van der Waals surface area contributed by atoms with Crippen molar-refractivity contribution in [2.24, 2.45) is 0 Å². The molecular formula is C66H62O. The minimum Gasteiger partial charge on any atom is -0.455 e. The second kappa shape index (κ2) is 22.0. The fourth-order valence-electron chi connectivity index (χ4n) is 9.14. The summed E-state index contributed by atoms with van der Waals surface area (Å²) in [6.07, 6.45) is 3.68. The van der Waals surface area contributed by atoms with Crippen molar-refractivity contribution in [3.63, 3.8) is 0 Å². The quantitative estimate of drug-likeness (QED) is 0.127. The third kappa shape index (κ3) is 9.24. The van der Waals surface area contributed by atoms with Gasteiger partial charge in [0.05, 0.1) is 0 Å². The third-order valence-electron chi connectivity index (χ3n) is 12.0. The van der Waals surface area contributed by atoms with Gasteiger partial charge in [0.1, 0.15) is 11.2 Å². The molecular weight excluding hydrogens is 809 g/mol. The minimum absolute atomic E-state index is 0.925. The third-order valence-corrected chi connectivity index (χ3v) is 12.0. The molecule has 1 heterocycles. The topological polar surface area (TPSA) is 13.1 Å². The molecule has 1 heteroatoms. The lowest BCUT2D eigenvalue weighted by molar-refractivity contribution is 0.670. The van der Waals surface area contributed by atoms with Gasteiger partial charge >= 0.3 is 0 Å². The molecule has 0 saturated heterocycles. The maximum absolute atomic E-state index is 6.34. The molecule has 0 aliphatic heterocycles. The van der Waals surface area contributed by atoms with E-state index in [4.69, 9.17) is 4.42 Å². The Labute approximate surface area is 397 Å². The molecule has 0 atom stereocenters. The lowest BCUT2D eigenvalue weighted by Crippen LogP contribution is -1.89. The summed E-state index contributed by atoms with van der Waals surface area (Å²) in [5.41, 5.74) is 11.7. The first-order valence-corrected chi connectivity index (χ1v) is 23.9. The first-order chi connectivity index (χ1) is 33.0. The van der Waals surface area contributed by atoms with Crippen LogP contribution in [0, 0.1) is 6.92 Å². The molecule has 332 valence electrons. The molecule has 0 saturated carbocycles. The van der Waals surface area contributed by atoms with Gasteiger partial charge in [-0.05, 0) is 119 Å². The van der Waals surface area contributed by atoms with E-state index in [2.05, 4.69) is 202 Å². The lowest BCUT2D eigenvalue weighted by Gasteiger charge is -2.17. The number of para-hydroxylation sites is 2. The molecule has 0 fully saturated rings. The fraction of sp³-hybridized carbons (Fsp3) is 0.121. The Morgan fingerprint density at radius 1 is 0.373 bits per heavy atom. The van der Waals surface area contributed by atoms with Crippen LogP contribution in [0.5, 0.6) is 0 Å². The van der Waals surface area contributed by atoms with Crippen LogP contribution in [-0.4, -0.2) is 0 Å². The Morgan fingerprint density at radius 2 is 0.836 bits per heavy atom. The van der Waals surface area contributed by atoms with Gasteiger partial charge in [-0.1, -0.05) is 242 Å². The first-order valence-electron chi connectivity index (χ1n) is 23.9. The van der Waals surface area contributed by atoms with Crippen LogP contribution in [-0.2, 0) is 0 Å². The highest BCUT2D eigenvalue weighted by Gasteiger charge is 2.16. The zero-order chi connectivity index (χ0) is 47.5. The van der Waals surface area contributed by atoms with Crippen LogP contribution in [0.25, 0.3) is 115 Å². The average Bonchev–Trinajstić information content (AvgIpc) is 3.79. The van der Waals surface area contributed by atoms with E-state index >= 15 is 0 Å². The van der Waals surface area contributed by atoms with Crippen molar-refractivity contribution in [1.82, 2.24) is 0 Å². The van der Waals surface area contributed by atoms with E-state index in [-0.39, 0.29) is 0 Å². The number of hydrogen-bond acceptors (Lipinski definition) is 1. The van der Waals surface area contributed by atoms with Gasteiger partial charge in [-0.25, -0.2) is 0 Å². The number of rotatable bonds is 4. The molecule has 12 aromatic rings. The number of allylic oxidation sites excluding steroid dienone is 1. The number of benzene rings is 11. The van der Waals surface area contributed by atoms with E-state index in [1.165, 1.54) is 87.2 Å². The second-order valence-electron chi connectivity index (χ2n) is 15.7. The van der Waals surface area contributed by atoms with Gasteiger partial charge in [0, 0.05) is 16.3 Å². The number of fused-ring (bicyclic) bond motifs is 5. The van der Waals surface area contributed by atoms with Crippen LogP contribution < -0.4 is 0 Å². The predicted octanol–water partition coefficient (Wildman–Crippen LogP) is 20.7. The van der Waals surface area contributed by atoms with E-state index in [0.29, 0.717) is 0 Å². The zero-order valence-electron chi connectivity index (χ0n) is 40.5. The molecule has 0 radical (unpaired) electrons. The molecule has 0 spiro atoms. The summed E-state index contributed by atoms with van der Waals surface area (Å²) in [5.74, 6) is 0. The normalized spacial score (nSPS) is 10.5. The van der Waals surface area contributed by atoms with Gasteiger partial charge < -0.3 is 4.42 Å². The Morgan fingerprint density at radius 3 is 1.46 bits per heavy atom. The van der Waals surface area contributed by atoms with Crippen molar-refractivity contribution in [1.29, 1.82) is 0 Å². The zero-order valence-corrected chi connectivity index (χ0v) is 40.5. The van der Waals surface area contributed by atoms with Crippen molar-refractivity contribution < 1.29 is 4.42 Å². The Hall–Kier alpha value is -7.74. The number of aryl methyl sites for hydroxylation is 1. The standard InChI is InChI=1S/C44H26O.C13H12.C3H6.3C2H6/c1-2-7-32-26-33(17-12-27(32)6-1)35-23-19-31-20-24-38-34(22-18-30-21-25-39(35)43(31)42(30)38)28-13-15-29(16-14-28)36-9-5-10-40-37-8-3-4-11-41(37)45-44(36)40;1-3-12-10(2)8-9-11-6-4-5-7-13(11)12;1-3-2;3*1-2/h1-26H;3-9H,1H2,2H3;3H,1H2,2H3;3*1-2H3. The van der Waals surface area contributed by atoms with Crippen LogP contribution >= 0.6 is 0 Å². The molecule has 67 heavy (non-hydrogen) atoms. The van der Waals surface area contributed by atoms with E-state index in [1.807, 2.05) is 66.7 Å². The summed E-state index contributed by atoms with van der Waals surface area (Å²) < 4.78 is 6.34. The first kappa shape index (κ1) is 47.2. The fourth-order valence-corrected chi connectivity index (χ4v) is 9.14. The van der Waals surface area contributed by atoms with Crippen LogP contribution in [0.3, 0.4) is 0 Å². The van der Waals surface area contributed by atoms with E-state index in [0.717, 1.165) is 33.1 Å². The average molecular weight is 871 g/mol. The Balaban J connectivity index is 0.000000255. The van der Waals surface area contributed by atoms with Gasteiger partial charge in [-0.3, -0.25) is 0 Å². The Bertz CT molecular complexity index is 3580. The van der Waals surface area contributed by atoms with Crippen molar-refractivity contribution in [2.75, 3.05) is 0 Å². The van der Waals surface area contributed by atoms with Crippen LogP contribution in [0.4, 0.5) is 0 Å².